The summed E-state index contributed by atoms with van der Waals surface area (Å²) < 4.78 is 4.80. The Morgan fingerprint density at radius 2 is 1.91 bits per heavy atom. The van der Waals surface area contributed by atoms with Crippen molar-refractivity contribution in [3.63, 3.8) is 0 Å². The van der Waals surface area contributed by atoms with Crippen molar-refractivity contribution >= 4 is 11.9 Å². The van der Waals surface area contributed by atoms with Crippen molar-refractivity contribution in [2.75, 3.05) is 26.7 Å². The molecule has 0 bridgehead atoms. The lowest BCUT2D eigenvalue weighted by atomic mass is 10.1. The number of rotatable bonds is 9. The Kier molecular flexibility index (Phi) is 8.05. The molecular formula is C18H26N2O3. The summed E-state index contributed by atoms with van der Waals surface area (Å²) in [4.78, 5) is 26.1. The van der Waals surface area contributed by atoms with Crippen LogP contribution in [0.2, 0.25) is 0 Å². The lowest BCUT2D eigenvalue weighted by Crippen LogP contribution is -2.47. The van der Waals surface area contributed by atoms with E-state index in [1.807, 2.05) is 49.1 Å². The molecule has 1 unspecified atom stereocenters. The van der Waals surface area contributed by atoms with Gasteiger partial charge in [-0.1, -0.05) is 49.4 Å². The van der Waals surface area contributed by atoms with Gasteiger partial charge in [-0.05, 0) is 19.0 Å². The van der Waals surface area contributed by atoms with E-state index in [1.165, 1.54) is 7.11 Å². The van der Waals surface area contributed by atoms with E-state index in [-0.39, 0.29) is 12.5 Å². The van der Waals surface area contributed by atoms with Gasteiger partial charge in [0.1, 0.15) is 6.04 Å². The fourth-order valence-electron chi connectivity index (χ4n) is 2.29. The van der Waals surface area contributed by atoms with E-state index in [9.17, 15) is 9.59 Å². The molecule has 0 fully saturated rings. The predicted molar refractivity (Wildman–Crippen MR) is 91.0 cm³/mol. The molecule has 5 nitrogen and oxygen atoms in total. The number of carbonyl (C=O) groups excluding carboxylic acids is 2. The third-order valence-electron chi connectivity index (χ3n) is 3.41. The summed E-state index contributed by atoms with van der Waals surface area (Å²) in [5.41, 5.74) is 1.96. The number of hydrogen-bond acceptors (Lipinski definition) is 4. The highest BCUT2D eigenvalue weighted by Crippen LogP contribution is 2.05. The van der Waals surface area contributed by atoms with Crippen molar-refractivity contribution in [1.29, 1.82) is 0 Å². The quantitative estimate of drug-likeness (QED) is 0.557. The lowest BCUT2D eigenvalue weighted by Gasteiger charge is -2.22. The first-order chi connectivity index (χ1) is 11.0. The van der Waals surface area contributed by atoms with E-state index < -0.39 is 12.0 Å². The third kappa shape index (κ3) is 7.10. The van der Waals surface area contributed by atoms with Crippen LogP contribution in [0.3, 0.4) is 0 Å². The Labute approximate surface area is 138 Å². The number of nitrogens with zero attached hydrogens (tertiary/aromatic N) is 1. The zero-order valence-electron chi connectivity index (χ0n) is 14.2. The summed E-state index contributed by atoms with van der Waals surface area (Å²) in [5, 5.41) is 2.77. The van der Waals surface area contributed by atoms with Crippen LogP contribution in [-0.4, -0.2) is 49.6 Å². The summed E-state index contributed by atoms with van der Waals surface area (Å²) in [7, 11) is 1.33. The molecule has 1 amide bonds. The first kappa shape index (κ1) is 18.9. The topological polar surface area (TPSA) is 58.6 Å². The van der Waals surface area contributed by atoms with Crippen molar-refractivity contribution in [1.82, 2.24) is 10.2 Å². The van der Waals surface area contributed by atoms with E-state index in [4.69, 9.17) is 4.74 Å². The Morgan fingerprint density at radius 1 is 1.26 bits per heavy atom. The monoisotopic (exact) mass is 318 g/mol. The summed E-state index contributed by atoms with van der Waals surface area (Å²) in [6.07, 6.45) is 0.409. The number of methoxy groups -OCH3 is 1. The average Bonchev–Trinajstić information content (AvgIpc) is 2.53. The van der Waals surface area contributed by atoms with Gasteiger partial charge in [0.05, 0.1) is 13.7 Å². The molecule has 0 heterocycles. The molecule has 0 radical (unpaired) electrons. The molecule has 126 valence electrons. The van der Waals surface area contributed by atoms with Crippen LogP contribution < -0.4 is 5.32 Å². The van der Waals surface area contributed by atoms with Crippen LogP contribution in [0, 0.1) is 0 Å². The number of ether oxygens (including phenoxy) is 1. The molecule has 23 heavy (non-hydrogen) atoms. The molecule has 0 aliphatic heterocycles. The molecular weight excluding hydrogens is 292 g/mol. The fraction of sp³-hybridized carbons (Fsp3) is 0.444. The fourth-order valence-corrected chi connectivity index (χ4v) is 2.29. The van der Waals surface area contributed by atoms with Gasteiger partial charge in [-0.3, -0.25) is 9.69 Å². The van der Waals surface area contributed by atoms with Gasteiger partial charge < -0.3 is 10.1 Å². The van der Waals surface area contributed by atoms with Crippen LogP contribution in [0.25, 0.3) is 0 Å². The SMILES string of the molecule is C=C(C)CN(CC)CC(=O)NC(Cc1ccccc1)C(=O)OC. The molecule has 1 aromatic carbocycles. The molecule has 1 aromatic rings. The third-order valence-corrected chi connectivity index (χ3v) is 3.41. The zero-order valence-corrected chi connectivity index (χ0v) is 14.2. The van der Waals surface area contributed by atoms with Gasteiger partial charge in [0.25, 0.3) is 0 Å². The van der Waals surface area contributed by atoms with Crippen molar-refractivity contribution in [2.45, 2.75) is 26.3 Å². The normalized spacial score (nSPS) is 11.8. The van der Waals surface area contributed by atoms with Crippen molar-refractivity contribution in [2.24, 2.45) is 0 Å². The predicted octanol–water partition coefficient (Wildman–Crippen LogP) is 1.78. The largest absolute Gasteiger partial charge is 0.467 e. The Bertz CT molecular complexity index is 528. The van der Waals surface area contributed by atoms with Crippen molar-refractivity contribution in [3.8, 4) is 0 Å². The van der Waals surface area contributed by atoms with Crippen molar-refractivity contribution in [3.05, 3.63) is 48.0 Å². The number of amides is 1. The number of likely N-dealkylation sites (N-methyl/N-ethyl adjacent to an activating group) is 1. The maximum Gasteiger partial charge on any atom is 0.328 e. The maximum atomic E-state index is 12.2. The van der Waals surface area contributed by atoms with Crippen LogP contribution in [-0.2, 0) is 20.7 Å². The Balaban J connectivity index is 2.67. The highest BCUT2D eigenvalue weighted by atomic mass is 16.5. The van der Waals surface area contributed by atoms with Gasteiger partial charge in [-0.2, -0.15) is 0 Å². The van der Waals surface area contributed by atoms with Crippen LogP contribution in [0.4, 0.5) is 0 Å². The number of carbonyl (C=O) groups is 2. The van der Waals surface area contributed by atoms with Gasteiger partial charge in [0.15, 0.2) is 0 Å². The minimum atomic E-state index is -0.682. The molecule has 0 saturated heterocycles. The Morgan fingerprint density at radius 3 is 2.43 bits per heavy atom. The number of esters is 1. The summed E-state index contributed by atoms with van der Waals surface area (Å²) >= 11 is 0. The molecule has 1 rings (SSSR count). The molecule has 0 saturated carbocycles. The zero-order chi connectivity index (χ0) is 17.2. The van der Waals surface area contributed by atoms with E-state index in [1.54, 1.807) is 0 Å². The van der Waals surface area contributed by atoms with Gasteiger partial charge >= 0.3 is 5.97 Å². The van der Waals surface area contributed by atoms with Crippen LogP contribution in [0.15, 0.2) is 42.5 Å². The number of hydrogen-bond donors (Lipinski definition) is 1. The van der Waals surface area contributed by atoms with Crippen LogP contribution in [0.1, 0.15) is 19.4 Å². The summed E-state index contributed by atoms with van der Waals surface area (Å²) in [5.74, 6) is -0.635. The highest BCUT2D eigenvalue weighted by molar-refractivity contribution is 5.85. The van der Waals surface area contributed by atoms with E-state index in [0.29, 0.717) is 13.0 Å². The second-order valence-corrected chi connectivity index (χ2v) is 5.59. The molecule has 0 spiro atoms. The van der Waals surface area contributed by atoms with Gasteiger partial charge in [-0.15, -0.1) is 0 Å². The molecule has 0 aliphatic rings. The molecule has 0 aromatic heterocycles. The van der Waals surface area contributed by atoms with Crippen LogP contribution >= 0.6 is 0 Å². The highest BCUT2D eigenvalue weighted by Gasteiger charge is 2.22. The minimum Gasteiger partial charge on any atom is -0.467 e. The molecule has 1 N–H and O–H groups in total. The second-order valence-electron chi connectivity index (χ2n) is 5.59. The van der Waals surface area contributed by atoms with Crippen LogP contribution in [0.5, 0.6) is 0 Å². The van der Waals surface area contributed by atoms with Gasteiger partial charge in [0, 0.05) is 13.0 Å². The number of benzene rings is 1. The van der Waals surface area contributed by atoms with E-state index >= 15 is 0 Å². The molecule has 5 heteroatoms. The second kappa shape index (κ2) is 9.79. The summed E-state index contributed by atoms with van der Waals surface area (Å²) in [6, 6.07) is 8.86. The van der Waals surface area contributed by atoms with Gasteiger partial charge in [-0.25, -0.2) is 4.79 Å². The first-order valence-corrected chi connectivity index (χ1v) is 7.74. The average molecular weight is 318 g/mol. The summed E-state index contributed by atoms with van der Waals surface area (Å²) in [6.45, 7) is 9.39. The van der Waals surface area contributed by atoms with Gasteiger partial charge in [0.2, 0.25) is 5.91 Å². The smallest absolute Gasteiger partial charge is 0.328 e. The minimum absolute atomic E-state index is 0.195. The van der Waals surface area contributed by atoms with E-state index in [2.05, 4.69) is 11.9 Å². The number of nitrogens with one attached hydrogen (secondary N) is 1. The van der Waals surface area contributed by atoms with Crippen molar-refractivity contribution < 1.29 is 14.3 Å². The standard InChI is InChI=1S/C18H26N2O3/c1-5-20(12-14(2)3)13-17(21)19-16(18(22)23-4)11-15-9-7-6-8-10-15/h6-10,16H,2,5,11-13H2,1,3-4H3,(H,19,21). The Hall–Kier alpha value is -2.14. The van der Waals surface area contributed by atoms with E-state index in [0.717, 1.165) is 17.7 Å². The maximum absolute atomic E-state index is 12.2. The molecule has 1 atom stereocenters. The molecule has 0 aliphatic carbocycles. The lowest BCUT2D eigenvalue weighted by molar-refractivity contribution is -0.145. The first-order valence-electron chi connectivity index (χ1n) is 7.74.